The van der Waals surface area contributed by atoms with Crippen LogP contribution in [-0.2, 0) is 12.0 Å². The van der Waals surface area contributed by atoms with E-state index in [-0.39, 0.29) is 27.8 Å². The summed E-state index contributed by atoms with van der Waals surface area (Å²) < 4.78 is 57.6. The molecular weight excluding hydrogens is 590 g/mol. The number of urea groups is 1. The van der Waals surface area contributed by atoms with Crippen LogP contribution in [0.1, 0.15) is 16.8 Å². The number of nitrogens with zero attached hydrogens (tertiary/aromatic N) is 1. The number of carbonyl (C=O) groups excluding carboxylic acids is 1. The number of benzene rings is 3. The van der Waals surface area contributed by atoms with Crippen LogP contribution in [-0.4, -0.2) is 17.4 Å². The van der Waals surface area contributed by atoms with Crippen molar-refractivity contribution < 1.29 is 27.1 Å². The van der Waals surface area contributed by atoms with E-state index in [2.05, 4.69) is 36.3 Å². The molecule has 3 aromatic carbocycles. The number of anilines is 1. The van der Waals surface area contributed by atoms with Crippen LogP contribution in [0.2, 0.25) is 5.02 Å². The first kappa shape index (κ1) is 27.4. The molecule has 0 saturated carbocycles. The SMILES string of the molecule is O=C(Nc1cccc(F)c1)NC(Cc1ccccc1)(c1cc(Br)cc(OC(F)(F)F)c1)c1ccc(Cl)cn1. The van der Waals surface area contributed by atoms with Gasteiger partial charge in [-0.15, -0.1) is 13.2 Å². The normalized spacial score (nSPS) is 12.9. The second kappa shape index (κ2) is 11.4. The molecule has 2 N–H and O–H groups in total. The summed E-state index contributed by atoms with van der Waals surface area (Å²) in [6.07, 6.45) is -3.49. The summed E-state index contributed by atoms with van der Waals surface area (Å²) in [5.74, 6) is -1.06. The van der Waals surface area contributed by atoms with Gasteiger partial charge >= 0.3 is 12.4 Å². The smallest absolute Gasteiger partial charge is 0.406 e. The fourth-order valence-electron chi connectivity index (χ4n) is 3.98. The van der Waals surface area contributed by atoms with Gasteiger partial charge in [0.2, 0.25) is 0 Å². The van der Waals surface area contributed by atoms with Crippen molar-refractivity contribution in [1.82, 2.24) is 10.3 Å². The number of rotatable bonds is 7. The van der Waals surface area contributed by atoms with Crippen molar-refractivity contribution in [2.45, 2.75) is 18.3 Å². The van der Waals surface area contributed by atoms with Gasteiger partial charge in [0, 0.05) is 22.8 Å². The lowest BCUT2D eigenvalue weighted by Crippen LogP contribution is -2.50. The third-order valence-electron chi connectivity index (χ3n) is 5.48. The van der Waals surface area contributed by atoms with Gasteiger partial charge < -0.3 is 15.4 Å². The van der Waals surface area contributed by atoms with Crippen LogP contribution in [0.15, 0.2) is 95.6 Å². The number of hydrogen-bond donors (Lipinski definition) is 2. The number of nitrogens with one attached hydrogen (secondary N) is 2. The predicted molar refractivity (Wildman–Crippen MR) is 140 cm³/mol. The highest BCUT2D eigenvalue weighted by Gasteiger charge is 2.39. The molecule has 0 saturated heterocycles. The largest absolute Gasteiger partial charge is 0.573 e. The summed E-state index contributed by atoms with van der Waals surface area (Å²) in [5, 5.41) is 5.78. The third-order valence-corrected chi connectivity index (χ3v) is 6.17. The van der Waals surface area contributed by atoms with E-state index in [0.717, 1.165) is 17.7 Å². The maximum atomic E-state index is 13.7. The van der Waals surface area contributed by atoms with Crippen LogP contribution < -0.4 is 15.4 Å². The number of alkyl halides is 3. The van der Waals surface area contributed by atoms with E-state index in [0.29, 0.717) is 5.02 Å². The monoisotopic (exact) mass is 607 g/mol. The Hall–Kier alpha value is -3.63. The summed E-state index contributed by atoms with van der Waals surface area (Å²) in [6, 6.07) is 20.6. The van der Waals surface area contributed by atoms with Crippen LogP contribution >= 0.6 is 27.5 Å². The summed E-state index contributed by atoms with van der Waals surface area (Å²) in [5.41, 5.74) is -0.0731. The quantitative estimate of drug-likeness (QED) is 0.210. The molecule has 4 rings (SSSR count). The third kappa shape index (κ3) is 7.02. The summed E-state index contributed by atoms with van der Waals surface area (Å²) in [7, 11) is 0. The Labute approximate surface area is 228 Å². The first-order valence-corrected chi connectivity index (χ1v) is 12.3. The fraction of sp³-hybridized carbons (Fsp3) is 0.111. The number of aromatic nitrogens is 1. The molecule has 196 valence electrons. The van der Waals surface area contributed by atoms with Crippen molar-refractivity contribution in [3.8, 4) is 5.75 Å². The Balaban J connectivity index is 1.88. The molecule has 0 aliphatic carbocycles. The molecule has 1 atom stereocenters. The molecule has 4 aromatic rings. The number of amides is 2. The molecule has 0 fully saturated rings. The molecule has 5 nitrogen and oxygen atoms in total. The molecule has 0 aliphatic rings. The van der Waals surface area contributed by atoms with Gasteiger partial charge in [0.15, 0.2) is 0 Å². The van der Waals surface area contributed by atoms with E-state index in [1.807, 2.05) is 18.2 Å². The van der Waals surface area contributed by atoms with E-state index in [4.69, 9.17) is 11.6 Å². The Morgan fingerprint density at radius 1 is 0.974 bits per heavy atom. The molecule has 2 amide bonds. The van der Waals surface area contributed by atoms with Crippen LogP contribution in [0.5, 0.6) is 5.75 Å². The van der Waals surface area contributed by atoms with E-state index < -0.39 is 29.5 Å². The number of halogens is 6. The second-order valence-corrected chi connectivity index (χ2v) is 9.59. The zero-order valence-corrected chi connectivity index (χ0v) is 21.7. The van der Waals surface area contributed by atoms with Crippen molar-refractivity contribution >= 4 is 39.2 Å². The number of hydrogen-bond acceptors (Lipinski definition) is 3. The predicted octanol–water partition coefficient (Wildman–Crippen LogP) is 7.84. The van der Waals surface area contributed by atoms with Gasteiger partial charge in [-0.05, 0) is 59.7 Å². The molecule has 0 spiro atoms. The van der Waals surface area contributed by atoms with Crippen molar-refractivity contribution in [1.29, 1.82) is 0 Å². The minimum Gasteiger partial charge on any atom is -0.406 e. The van der Waals surface area contributed by atoms with Gasteiger partial charge in [-0.25, -0.2) is 9.18 Å². The Morgan fingerprint density at radius 3 is 2.39 bits per heavy atom. The van der Waals surface area contributed by atoms with Gasteiger partial charge in [-0.2, -0.15) is 0 Å². The van der Waals surface area contributed by atoms with E-state index >= 15 is 0 Å². The van der Waals surface area contributed by atoms with E-state index in [1.165, 1.54) is 30.5 Å². The summed E-state index contributed by atoms with van der Waals surface area (Å²) in [4.78, 5) is 17.7. The minimum atomic E-state index is -4.94. The highest BCUT2D eigenvalue weighted by Crippen LogP contribution is 2.38. The van der Waals surface area contributed by atoms with E-state index in [1.54, 1.807) is 30.3 Å². The number of carbonyl (C=O) groups is 1. The fourth-order valence-corrected chi connectivity index (χ4v) is 4.56. The Morgan fingerprint density at radius 2 is 1.74 bits per heavy atom. The van der Waals surface area contributed by atoms with Gasteiger partial charge in [-0.1, -0.05) is 63.9 Å². The second-order valence-electron chi connectivity index (χ2n) is 8.24. The minimum absolute atomic E-state index is 0.0843. The number of pyridine rings is 1. The first-order chi connectivity index (χ1) is 18.0. The molecule has 11 heteroatoms. The van der Waals surface area contributed by atoms with Crippen LogP contribution in [0.3, 0.4) is 0 Å². The first-order valence-electron chi connectivity index (χ1n) is 11.1. The van der Waals surface area contributed by atoms with Crippen molar-refractivity contribution in [3.05, 3.63) is 123 Å². The lowest BCUT2D eigenvalue weighted by molar-refractivity contribution is -0.274. The van der Waals surface area contributed by atoms with Gasteiger partial charge in [0.1, 0.15) is 17.1 Å². The maximum absolute atomic E-state index is 13.7. The maximum Gasteiger partial charge on any atom is 0.573 e. The number of ether oxygens (including phenoxy) is 1. The topological polar surface area (TPSA) is 63.2 Å². The van der Waals surface area contributed by atoms with Crippen molar-refractivity contribution in [2.75, 3.05) is 5.32 Å². The highest BCUT2D eigenvalue weighted by molar-refractivity contribution is 9.10. The molecule has 38 heavy (non-hydrogen) atoms. The van der Waals surface area contributed by atoms with Crippen molar-refractivity contribution in [3.63, 3.8) is 0 Å². The van der Waals surface area contributed by atoms with E-state index in [9.17, 15) is 22.4 Å². The summed E-state index contributed by atoms with van der Waals surface area (Å²) in [6.45, 7) is 0. The lowest BCUT2D eigenvalue weighted by atomic mass is 9.80. The van der Waals surface area contributed by atoms with Gasteiger partial charge in [-0.3, -0.25) is 4.98 Å². The average Bonchev–Trinajstić information content (AvgIpc) is 2.83. The average molecular weight is 609 g/mol. The summed E-state index contributed by atoms with van der Waals surface area (Å²) >= 11 is 9.32. The molecule has 1 heterocycles. The zero-order valence-electron chi connectivity index (χ0n) is 19.4. The van der Waals surface area contributed by atoms with Crippen molar-refractivity contribution in [2.24, 2.45) is 0 Å². The van der Waals surface area contributed by atoms with Crippen LogP contribution in [0, 0.1) is 5.82 Å². The lowest BCUT2D eigenvalue weighted by Gasteiger charge is -2.36. The van der Waals surface area contributed by atoms with Gasteiger partial charge in [0.25, 0.3) is 0 Å². The van der Waals surface area contributed by atoms with Crippen LogP contribution in [0.4, 0.5) is 28.0 Å². The standard InChI is InChI=1S/C27H19BrClF4N3O2/c28-19-11-18(12-23(13-19)38-27(31,32)33)26(15-17-5-2-1-3-6-17,24-10-9-20(29)16-34-24)36-25(37)35-22-8-4-7-21(30)14-22/h1-14,16H,15H2,(H2,35,36,37). The van der Waals surface area contributed by atoms with Crippen LogP contribution in [0.25, 0.3) is 0 Å². The van der Waals surface area contributed by atoms with Gasteiger partial charge in [0.05, 0.1) is 10.7 Å². The molecule has 0 bridgehead atoms. The zero-order chi connectivity index (χ0) is 27.3. The Kier molecular flexibility index (Phi) is 8.23. The molecular formula is C27H19BrClF4N3O2. The molecule has 1 unspecified atom stereocenters. The molecule has 0 aliphatic heterocycles. The molecule has 0 radical (unpaired) electrons. The Bertz CT molecular complexity index is 1420. The molecule has 1 aromatic heterocycles. The highest BCUT2D eigenvalue weighted by atomic mass is 79.9.